The molecule has 2 fully saturated rings. The summed E-state index contributed by atoms with van der Waals surface area (Å²) in [5, 5.41) is 49.9. The van der Waals surface area contributed by atoms with E-state index in [2.05, 4.69) is 0 Å². The summed E-state index contributed by atoms with van der Waals surface area (Å²) in [6, 6.07) is 4.23. The first kappa shape index (κ1) is 21.8. The van der Waals surface area contributed by atoms with Crippen LogP contribution in [0, 0.1) is 0 Å². The Kier molecular flexibility index (Phi) is 6.35. The van der Waals surface area contributed by atoms with Crippen LogP contribution >= 0.6 is 0 Å². The third kappa shape index (κ3) is 4.35. The highest BCUT2D eigenvalue weighted by molar-refractivity contribution is 5.86. The summed E-state index contributed by atoms with van der Waals surface area (Å²) in [4.78, 5) is 12.4. The molecule has 0 spiro atoms. The van der Waals surface area contributed by atoms with Crippen molar-refractivity contribution in [1.29, 1.82) is 0 Å². The van der Waals surface area contributed by atoms with Crippen LogP contribution in [-0.2, 0) is 4.74 Å². The van der Waals surface area contributed by atoms with Crippen molar-refractivity contribution < 1.29 is 44.2 Å². The molecule has 31 heavy (non-hydrogen) atoms. The van der Waals surface area contributed by atoms with Crippen LogP contribution in [0.4, 0.5) is 0 Å². The molecule has 1 saturated heterocycles. The molecular formula is C21H26O10. The number of aromatic hydroxyl groups is 1. The predicted octanol–water partition coefficient (Wildman–Crippen LogP) is 0.389. The summed E-state index contributed by atoms with van der Waals surface area (Å²) < 4.78 is 21.9. The van der Waals surface area contributed by atoms with Gasteiger partial charge in [-0.1, -0.05) is 6.42 Å². The lowest BCUT2D eigenvalue weighted by Crippen LogP contribution is -2.60. The van der Waals surface area contributed by atoms with E-state index in [-0.39, 0.29) is 34.3 Å². The lowest BCUT2D eigenvalue weighted by molar-refractivity contribution is -0.277. The molecule has 5 atom stereocenters. The highest BCUT2D eigenvalue weighted by atomic mass is 16.7. The second kappa shape index (κ2) is 9.01. The van der Waals surface area contributed by atoms with Crippen molar-refractivity contribution in [3.8, 4) is 17.2 Å². The molecule has 0 radical (unpaired) electrons. The minimum Gasteiger partial charge on any atom is -0.504 e. The van der Waals surface area contributed by atoms with Crippen LogP contribution in [0.2, 0.25) is 0 Å². The molecule has 1 aliphatic heterocycles. The van der Waals surface area contributed by atoms with Crippen molar-refractivity contribution in [2.45, 2.75) is 68.9 Å². The molecule has 2 aromatic rings. The van der Waals surface area contributed by atoms with E-state index in [9.17, 15) is 30.3 Å². The fourth-order valence-corrected chi connectivity index (χ4v) is 3.97. The number of rotatable bonds is 5. The Hall–Kier alpha value is -2.37. The first-order valence-corrected chi connectivity index (χ1v) is 10.3. The maximum Gasteiger partial charge on any atom is 0.383 e. The Morgan fingerprint density at radius 3 is 2.45 bits per heavy atom. The predicted molar refractivity (Wildman–Crippen MR) is 106 cm³/mol. The van der Waals surface area contributed by atoms with E-state index in [0.29, 0.717) is 0 Å². The van der Waals surface area contributed by atoms with Crippen LogP contribution in [0.3, 0.4) is 0 Å². The van der Waals surface area contributed by atoms with Crippen molar-refractivity contribution in [3.63, 3.8) is 0 Å². The SMILES string of the molecule is O=c1oc2cc(O[C@@H]3O[C@H](CO)[C@@H](O)[C@H](O)[C@@H]3O)ccc2c(O)c1OC1CCCCC1. The molecule has 5 N–H and O–H groups in total. The minimum absolute atomic E-state index is 0.0283. The van der Waals surface area contributed by atoms with E-state index in [0.717, 1.165) is 32.1 Å². The second-order valence-electron chi connectivity index (χ2n) is 7.92. The fourth-order valence-electron chi connectivity index (χ4n) is 3.97. The van der Waals surface area contributed by atoms with Gasteiger partial charge in [0.05, 0.1) is 18.1 Å². The summed E-state index contributed by atoms with van der Waals surface area (Å²) >= 11 is 0. The van der Waals surface area contributed by atoms with E-state index in [4.69, 9.17) is 18.6 Å². The maximum atomic E-state index is 12.4. The van der Waals surface area contributed by atoms with Gasteiger partial charge >= 0.3 is 5.63 Å². The largest absolute Gasteiger partial charge is 0.504 e. The van der Waals surface area contributed by atoms with Gasteiger partial charge in [0.25, 0.3) is 0 Å². The summed E-state index contributed by atoms with van der Waals surface area (Å²) in [6.45, 7) is -0.588. The second-order valence-corrected chi connectivity index (χ2v) is 7.92. The molecule has 10 nitrogen and oxygen atoms in total. The highest BCUT2D eigenvalue weighted by Gasteiger charge is 2.44. The van der Waals surface area contributed by atoms with Gasteiger partial charge in [0.15, 0.2) is 5.75 Å². The molecule has 0 bridgehead atoms. The molecule has 1 aromatic heterocycles. The standard InChI is InChI=1S/C21H26O10/c22-9-14-16(24)17(25)18(26)21(31-14)29-11-6-7-12-13(8-11)30-20(27)19(15(12)23)28-10-4-2-1-3-5-10/h6-8,10,14,16-18,21-26H,1-5,9H2/t14-,16-,17+,18+,21-/m1/s1. The van der Waals surface area contributed by atoms with Crippen molar-refractivity contribution in [2.75, 3.05) is 6.61 Å². The monoisotopic (exact) mass is 438 g/mol. The summed E-state index contributed by atoms with van der Waals surface area (Å²) in [6.07, 6.45) is -2.58. The molecule has 1 saturated carbocycles. The number of benzene rings is 1. The molecule has 1 aliphatic carbocycles. The smallest absolute Gasteiger partial charge is 0.383 e. The van der Waals surface area contributed by atoms with E-state index in [1.165, 1.54) is 18.2 Å². The van der Waals surface area contributed by atoms with Gasteiger partial charge in [-0.2, -0.15) is 0 Å². The Labute approximate surface area is 177 Å². The Bertz CT molecular complexity index is 965. The molecule has 2 heterocycles. The van der Waals surface area contributed by atoms with Crippen molar-refractivity contribution in [2.24, 2.45) is 0 Å². The van der Waals surface area contributed by atoms with Crippen LogP contribution < -0.4 is 15.1 Å². The molecule has 2 aliphatic rings. The molecule has 1 aromatic carbocycles. The van der Waals surface area contributed by atoms with E-state index in [1.807, 2.05) is 0 Å². The van der Waals surface area contributed by atoms with Crippen LogP contribution in [-0.4, -0.2) is 68.9 Å². The van der Waals surface area contributed by atoms with Gasteiger partial charge < -0.3 is 44.2 Å². The molecule has 10 heteroatoms. The fraction of sp³-hybridized carbons (Fsp3) is 0.571. The lowest BCUT2D eigenvalue weighted by atomic mass is 9.98. The van der Waals surface area contributed by atoms with Gasteiger partial charge in [-0.15, -0.1) is 0 Å². The third-order valence-electron chi connectivity index (χ3n) is 5.75. The van der Waals surface area contributed by atoms with E-state index >= 15 is 0 Å². The minimum atomic E-state index is -1.59. The van der Waals surface area contributed by atoms with Crippen LogP contribution in [0.15, 0.2) is 27.4 Å². The van der Waals surface area contributed by atoms with E-state index in [1.54, 1.807) is 0 Å². The van der Waals surface area contributed by atoms with Crippen LogP contribution in [0.5, 0.6) is 17.2 Å². The molecule has 4 rings (SSSR count). The summed E-state index contributed by atoms with van der Waals surface area (Å²) in [5.74, 6) is -0.432. The molecule has 0 amide bonds. The number of aliphatic hydroxyl groups excluding tert-OH is 4. The highest BCUT2D eigenvalue weighted by Crippen LogP contribution is 2.35. The number of hydrogen-bond donors (Lipinski definition) is 5. The Morgan fingerprint density at radius 1 is 1.00 bits per heavy atom. The quantitative estimate of drug-likeness (QED) is 0.413. The average molecular weight is 438 g/mol. The Balaban J connectivity index is 1.57. The van der Waals surface area contributed by atoms with Gasteiger partial charge in [0.2, 0.25) is 12.0 Å². The zero-order valence-electron chi connectivity index (χ0n) is 16.7. The number of aliphatic hydroxyl groups is 4. The van der Waals surface area contributed by atoms with Crippen molar-refractivity contribution in [1.82, 2.24) is 0 Å². The first-order valence-electron chi connectivity index (χ1n) is 10.3. The third-order valence-corrected chi connectivity index (χ3v) is 5.75. The van der Waals surface area contributed by atoms with Gasteiger partial charge in [-0.25, -0.2) is 4.79 Å². The van der Waals surface area contributed by atoms with Crippen molar-refractivity contribution in [3.05, 3.63) is 28.6 Å². The topological polar surface area (TPSA) is 159 Å². The van der Waals surface area contributed by atoms with E-state index < -0.39 is 42.9 Å². The average Bonchev–Trinajstić information content (AvgIpc) is 2.77. The van der Waals surface area contributed by atoms with Crippen LogP contribution in [0.25, 0.3) is 11.0 Å². The number of fused-ring (bicyclic) bond motifs is 1. The van der Waals surface area contributed by atoms with Gasteiger partial charge in [0.1, 0.15) is 35.7 Å². The lowest BCUT2D eigenvalue weighted by Gasteiger charge is -2.39. The van der Waals surface area contributed by atoms with Gasteiger partial charge in [0, 0.05) is 6.07 Å². The zero-order chi connectivity index (χ0) is 22.1. The summed E-state index contributed by atoms with van der Waals surface area (Å²) in [7, 11) is 0. The number of hydrogen-bond acceptors (Lipinski definition) is 10. The first-order chi connectivity index (χ1) is 14.9. The van der Waals surface area contributed by atoms with Crippen LogP contribution in [0.1, 0.15) is 32.1 Å². The molecule has 170 valence electrons. The normalized spacial score (nSPS) is 29.7. The molecular weight excluding hydrogens is 412 g/mol. The van der Waals surface area contributed by atoms with Gasteiger partial charge in [-0.05, 0) is 37.8 Å². The van der Waals surface area contributed by atoms with Gasteiger partial charge in [-0.3, -0.25) is 0 Å². The maximum absolute atomic E-state index is 12.4. The summed E-state index contributed by atoms with van der Waals surface area (Å²) in [5.41, 5.74) is -0.791. The Morgan fingerprint density at radius 2 is 1.74 bits per heavy atom. The zero-order valence-corrected chi connectivity index (χ0v) is 16.7. The molecule has 0 unspecified atom stereocenters. The van der Waals surface area contributed by atoms with Crippen molar-refractivity contribution >= 4 is 11.0 Å². The number of ether oxygens (including phenoxy) is 3.